The first kappa shape index (κ1) is 18.0. The van der Waals surface area contributed by atoms with Crippen LogP contribution in [0.5, 0.6) is 5.88 Å². The Hall–Kier alpha value is -2.77. The highest BCUT2D eigenvalue weighted by atomic mass is 16.5. The molecule has 0 aromatic carbocycles. The van der Waals surface area contributed by atoms with Gasteiger partial charge in [0.2, 0.25) is 5.88 Å². The molecule has 0 spiro atoms. The van der Waals surface area contributed by atoms with E-state index in [-0.39, 0.29) is 25.2 Å². The van der Waals surface area contributed by atoms with E-state index in [4.69, 9.17) is 20.9 Å². The Morgan fingerprint density at radius 3 is 2.73 bits per heavy atom. The van der Waals surface area contributed by atoms with Crippen LogP contribution in [0.4, 0.5) is 0 Å². The molecule has 0 saturated heterocycles. The fourth-order valence-electron chi connectivity index (χ4n) is 3.35. The second kappa shape index (κ2) is 7.63. The second-order valence-corrected chi connectivity index (χ2v) is 6.38. The molecule has 2 aromatic heterocycles. The van der Waals surface area contributed by atoms with E-state index < -0.39 is 5.97 Å². The smallest absolute Gasteiger partial charge is 0.342 e. The molecule has 4 N–H and O–H groups in total. The molecule has 0 atom stereocenters. The van der Waals surface area contributed by atoms with Gasteiger partial charge in [-0.3, -0.25) is 0 Å². The van der Waals surface area contributed by atoms with Crippen LogP contribution in [0.3, 0.4) is 0 Å². The molecule has 1 fully saturated rings. The predicted octanol–water partition coefficient (Wildman–Crippen LogP) is 1.84. The van der Waals surface area contributed by atoms with E-state index in [1.54, 1.807) is 6.92 Å². The van der Waals surface area contributed by atoms with E-state index in [2.05, 4.69) is 9.98 Å². The van der Waals surface area contributed by atoms with Gasteiger partial charge in [-0.1, -0.05) is 0 Å². The van der Waals surface area contributed by atoms with Crippen molar-refractivity contribution in [3.63, 3.8) is 0 Å². The minimum absolute atomic E-state index is 0.0386. The molecule has 26 heavy (non-hydrogen) atoms. The van der Waals surface area contributed by atoms with Gasteiger partial charge >= 0.3 is 5.97 Å². The van der Waals surface area contributed by atoms with E-state index in [1.165, 1.54) is 12.8 Å². The third kappa shape index (κ3) is 3.58. The Morgan fingerprint density at radius 1 is 1.35 bits per heavy atom. The van der Waals surface area contributed by atoms with Crippen LogP contribution < -0.4 is 16.2 Å². The molecule has 140 valence electrons. The Kier molecular flexibility index (Phi) is 5.29. The number of ether oxygens (including phenoxy) is 2. The predicted molar refractivity (Wildman–Crippen MR) is 99.1 cm³/mol. The number of nitrogens with two attached hydrogens (primary N) is 2. The number of aryl methyl sites for hydroxylation is 1. The number of fused-ring (bicyclic) bond motifs is 1. The van der Waals surface area contributed by atoms with Crippen LogP contribution in [-0.2, 0) is 18.3 Å². The van der Waals surface area contributed by atoms with Gasteiger partial charge in [0.15, 0.2) is 5.96 Å². The summed E-state index contributed by atoms with van der Waals surface area (Å²) in [6, 6.07) is 3.73. The van der Waals surface area contributed by atoms with Gasteiger partial charge in [-0.25, -0.2) is 14.8 Å². The summed E-state index contributed by atoms with van der Waals surface area (Å²) in [4.78, 5) is 21.2. The van der Waals surface area contributed by atoms with E-state index in [9.17, 15) is 4.79 Å². The van der Waals surface area contributed by atoms with Crippen molar-refractivity contribution in [1.29, 1.82) is 0 Å². The second-order valence-electron chi connectivity index (χ2n) is 6.38. The minimum atomic E-state index is -0.440. The standard InChI is InChI=1S/C18H25N5O3/c1-3-25-17(24)15-13(10-21-18(19)20)23(2)12-8-9-14(22-16(12)15)26-11-6-4-5-7-11/h8-9,11H,3-7,10H2,1-2H3,(H4,19,20,21). The molecule has 2 heterocycles. The lowest BCUT2D eigenvalue weighted by molar-refractivity contribution is 0.0527. The van der Waals surface area contributed by atoms with Crippen LogP contribution in [-0.4, -0.2) is 34.2 Å². The average Bonchev–Trinajstić information content (AvgIpc) is 3.19. The maximum atomic E-state index is 12.6. The number of esters is 1. The van der Waals surface area contributed by atoms with E-state index in [0.717, 1.165) is 18.4 Å². The molecule has 2 aromatic rings. The van der Waals surface area contributed by atoms with Crippen LogP contribution in [0.2, 0.25) is 0 Å². The summed E-state index contributed by atoms with van der Waals surface area (Å²) in [6.45, 7) is 2.21. The SMILES string of the molecule is CCOC(=O)c1c(CN=C(N)N)n(C)c2ccc(OC3CCCC3)nc12. The first-order chi connectivity index (χ1) is 12.5. The van der Waals surface area contributed by atoms with Gasteiger partial charge in [-0.05, 0) is 38.7 Å². The lowest BCUT2D eigenvalue weighted by Crippen LogP contribution is -2.23. The van der Waals surface area contributed by atoms with Crippen molar-refractivity contribution >= 4 is 23.0 Å². The van der Waals surface area contributed by atoms with Crippen molar-refractivity contribution in [2.75, 3.05) is 6.61 Å². The number of hydrogen-bond acceptors (Lipinski definition) is 5. The summed E-state index contributed by atoms with van der Waals surface area (Å²) >= 11 is 0. The number of nitrogens with zero attached hydrogens (tertiary/aromatic N) is 3. The maximum Gasteiger partial charge on any atom is 0.342 e. The zero-order valence-electron chi connectivity index (χ0n) is 15.2. The Morgan fingerprint density at radius 2 is 2.08 bits per heavy atom. The molecule has 0 amide bonds. The number of rotatable bonds is 6. The molecule has 1 aliphatic rings. The zero-order chi connectivity index (χ0) is 18.7. The largest absolute Gasteiger partial charge is 0.474 e. The van der Waals surface area contributed by atoms with Crippen molar-refractivity contribution in [1.82, 2.24) is 9.55 Å². The van der Waals surface area contributed by atoms with Gasteiger partial charge in [0, 0.05) is 13.1 Å². The van der Waals surface area contributed by atoms with E-state index in [1.807, 2.05) is 23.7 Å². The van der Waals surface area contributed by atoms with Crippen molar-refractivity contribution in [2.45, 2.75) is 45.3 Å². The number of hydrogen-bond donors (Lipinski definition) is 2. The molecule has 8 nitrogen and oxygen atoms in total. The van der Waals surface area contributed by atoms with Gasteiger partial charge in [0.1, 0.15) is 17.2 Å². The van der Waals surface area contributed by atoms with Crippen LogP contribution in [0.1, 0.15) is 48.7 Å². The summed E-state index contributed by atoms with van der Waals surface area (Å²) in [5, 5.41) is 0. The normalized spacial score (nSPS) is 14.5. The average molecular weight is 359 g/mol. The Balaban J connectivity index is 2.06. The number of aliphatic imine (C=N–C) groups is 1. The molecule has 0 aliphatic heterocycles. The molecular weight excluding hydrogens is 334 g/mol. The zero-order valence-corrected chi connectivity index (χ0v) is 15.2. The van der Waals surface area contributed by atoms with Crippen molar-refractivity contribution in [2.24, 2.45) is 23.5 Å². The fourth-order valence-corrected chi connectivity index (χ4v) is 3.35. The van der Waals surface area contributed by atoms with Crippen molar-refractivity contribution in [3.05, 3.63) is 23.4 Å². The topological polar surface area (TPSA) is 118 Å². The van der Waals surface area contributed by atoms with E-state index in [0.29, 0.717) is 22.7 Å². The molecule has 0 unspecified atom stereocenters. The number of guanidine groups is 1. The molecule has 8 heteroatoms. The van der Waals surface area contributed by atoms with Crippen LogP contribution >= 0.6 is 0 Å². The Bertz CT molecular complexity index is 833. The quantitative estimate of drug-likeness (QED) is 0.462. The lowest BCUT2D eigenvalue weighted by atomic mass is 10.2. The third-order valence-electron chi connectivity index (χ3n) is 4.62. The van der Waals surface area contributed by atoms with Gasteiger partial charge < -0.3 is 25.5 Å². The molecule has 1 aliphatic carbocycles. The first-order valence-electron chi connectivity index (χ1n) is 8.88. The van der Waals surface area contributed by atoms with Gasteiger partial charge in [-0.15, -0.1) is 0 Å². The highest BCUT2D eigenvalue weighted by Crippen LogP contribution is 2.29. The Labute approximate surface area is 152 Å². The summed E-state index contributed by atoms with van der Waals surface area (Å²) in [6.07, 6.45) is 4.62. The van der Waals surface area contributed by atoms with Crippen molar-refractivity contribution < 1.29 is 14.3 Å². The molecule has 0 bridgehead atoms. The first-order valence-corrected chi connectivity index (χ1v) is 8.88. The van der Waals surface area contributed by atoms with Crippen LogP contribution in [0.15, 0.2) is 17.1 Å². The molecular formula is C18H25N5O3. The van der Waals surface area contributed by atoms with E-state index >= 15 is 0 Å². The van der Waals surface area contributed by atoms with Crippen LogP contribution in [0, 0.1) is 0 Å². The number of pyridine rings is 1. The van der Waals surface area contributed by atoms with Gasteiger partial charge in [0.25, 0.3) is 0 Å². The molecule has 1 saturated carbocycles. The fraction of sp³-hybridized carbons (Fsp3) is 0.500. The summed E-state index contributed by atoms with van der Waals surface area (Å²) in [5.74, 6) is 0.0432. The summed E-state index contributed by atoms with van der Waals surface area (Å²) in [7, 11) is 1.85. The number of carbonyl (C=O) groups is 1. The highest BCUT2D eigenvalue weighted by Gasteiger charge is 2.24. The number of carbonyl (C=O) groups excluding carboxylic acids is 1. The van der Waals surface area contributed by atoms with Crippen molar-refractivity contribution in [3.8, 4) is 5.88 Å². The monoisotopic (exact) mass is 359 g/mol. The molecule has 3 rings (SSSR count). The molecule has 0 radical (unpaired) electrons. The maximum absolute atomic E-state index is 12.6. The summed E-state index contributed by atoms with van der Waals surface area (Å²) in [5.41, 5.74) is 13.3. The van der Waals surface area contributed by atoms with Gasteiger partial charge in [0.05, 0.1) is 24.4 Å². The highest BCUT2D eigenvalue weighted by molar-refractivity contribution is 6.04. The third-order valence-corrected chi connectivity index (χ3v) is 4.62. The summed E-state index contributed by atoms with van der Waals surface area (Å²) < 4.78 is 13.1. The number of aromatic nitrogens is 2. The minimum Gasteiger partial charge on any atom is -0.474 e. The van der Waals surface area contributed by atoms with Crippen LogP contribution in [0.25, 0.3) is 11.0 Å². The van der Waals surface area contributed by atoms with Gasteiger partial charge in [-0.2, -0.15) is 0 Å². The lowest BCUT2D eigenvalue weighted by Gasteiger charge is -2.12.